The number of benzene rings is 2. The van der Waals surface area contributed by atoms with Crippen molar-refractivity contribution in [2.24, 2.45) is 0 Å². The Hall–Kier alpha value is -1.30. The zero-order valence-electron chi connectivity index (χ0n) is 9.50. The highest BCUT2D eigenvalue weighted by molar-refractivity contribution is 5.91. The Morgan fingerprint density at radius 2 is 1.88 bits per heavy atom. The van der Waals surface area contributed by atoms with Crippen molar-refractivity contribution in [1.29, 1.82) is 0 Å². The first-order chi connectivity index (χ1) is 7.93. The summed E-state index contributed by atoms with van der Waals surface area (Å²) in [7, 11) is 0. The first-order valence-corrected chi connectivity index (χ1v) is 6.47. The van der Waals surface area contributed by atoms with Crippen LogP contribution in [0.2, 0.25) is 0 Å². The largest absolute Gasteiger partial charge is 0.0614 e. The lowest BCUT2D eigenvalue weighted by molar-refractivity contribution is 0.516. The smallest absolute Gasteiger partial charge is 0.0114 e. The van der Waals surface area contributed by atoms with Crippen molar-refractivity contribution in [3.8, 4) is 0 Å². The SMILES string of the molecule is c1cc2c3c4c(ccc3c1)CCC[C@@H]4CC2. The summed E-state index contributed by atoms with van der Waals surface area (Å²) in [5.41, 5.74) is 4.94. The predicted octanol–water partition coefficient (Wildman–Crippen LogP) is 4.21. The summed E-state index contributed by atoms with van der Waals surface area (Å²) in [4.78, 5) is 0. The lowest BCUT2D eigenvalue weighted by Gasteiger charge is -2.31. The van der Waals surface area contributed by atoms with Gasteiger partial charge in [0.1, 0.15) is 0 Å². The highest BCUT2D eigenvalue weighted by Crippen LogP contribution is 2.43. The van der Waals surface area contributed by atoms with Crippen molar-refractivity contribution < 1.29 is 0 Å². The normalized spacial score (nSPS) is 22.4. The quantitative estimate of drug-likeness (QED) is 0.608. The lowest BCUT2D eigenvalue weighted by atomic mass is 9.73. The first kappa shape index (κ1) is 8.81. The average molecular weight is 208 g/mol. The molecule has 2 aliphatic carbocycles. The third kappa shape index (κ3) is 1.05. The molecule has 2 aliphatic rings. The molecule has 0 aromatic heterocycles. The van der Waals surface area contributed by atoms with Gasteiger partial charge in [0.2, 0.25) is 0 Å². The van der Waals surface area contributed by atoms with Gasteiger partial charge >= 0.3 is 0 Å². The number of hydrogen-bond acceptors (Lipinski definition) is 0. The molecule has 0 bridgehead atoms. The Balaban J connectivity index is 2.17. The van der Waals surface area contributed by atoms with E-state index in [0.29, 0.717) is 0 Å². The molecule has 0 spiro atoms. The molecule has 0 radical (unpaired) electrons. The standard InChI is InChI=1S/C16H16/c1-3-11-7-9-13-5-2-6-14-10-8-12(4-1)15(11)16(13)14/h1,3-4,7,9,14H,2,5-6,8,10H2/t14-/m1/s1. The summed E-state index contributed by atoms with van der Waals surface area (Å²) in [6.07, 6.45) is 6.78. The molecule has 0 fully saturated rings. The summed E-state index contributed by atoms with van der Waals surface area (Å²) < 4.78 is 0. The van der Waals surface area contributed by atoms with Crippen molar-refractivity contribution in [3.63, 3.8) is 0 Å². The Labute approximate surface area is 96.3 Å². The van der Waals surface area contributed by atoms with E-state index < -0.39 is 0 Å². The van der Waals surface area contributed by atoms with Gasteiger partial charge in [-0.2, -0.15) is 0 Å². The van der Waals surface area contributed by atoms with Crippen LogP contribution in [-0.4, -0.2) is 0 Å². The first-order valence-electron chi connectivity index (χ1n) is 6.47. The molecular weight excluding hydrogens is 192 g/mol. The maximum atomic E-state index is 2.37. The van der Waals surface area contributed by atoms with Gasteiger partial charge in [-0.15, -0.1) is 0 Å². The zero-order valence-corrected chi connectivity index (χ0v) is 9.50. The molecule has 2 aromatic rings. The number of aryl methyl sites for hydroxylation is 2. The third-order valence-corrected chi connectivity index (χ3v) is 4.43. The molecule has 80 valence electrons. The Morgan fingerprint density at radius 3 is 2.88 bits per heavy atom. The van der Waals surface area contributed by atoms with Crippen molar-refractivity contribution in [1.82, 2.24) is 0 Å². The molecule has 0 saturated heterocycles. The summed E-state index contributed by atoms with van der Waals surface area (Å²) >= 11 is 0. The molecule has 0 aliphatic heterocycles. The van der Waals surface area contributed by atoms with Gasteiger partial charge in [-0.3, -0.25) is 0 Å². The fourth-order valence-corrected chi connectivity index (χ4v) is 3.72. The summed E-state index contributed by atoms with van der Waals surface area (Å²) in [6.45, 7) is 0. The molecule has 0 saturated carbocycles. The van der Waals surface area contributed by atoms with Gasteiger partial charge in [0, 0.05) is 0 Å². The van der Waals surface area contributed by atoms with Gasteiger partial charge in [-0.25, -0.2) is 0 Å². The van der Waals surface area contributed by atoms with Crippen LogP contribution < -0.4 is 0 Å². The Kier molecular flexibility index (Phi) is 1.71. The van der Waals surface area contributed by atoms with Crippen LogP contribution in [0, 0.1) is 0 Å². The van der Waals surface area contributed by atoms with Gasteiger partial charge in [0.05, 0.1) is 0 Å². The molecule has 0 amide bonds. The van der Waals surface area contributed by atoms with Crippen molar-refractivity contribution >= 4 is 10.8 Å². The highest BCUT2D eigenvalue weighted by Gasteiger charge is 2.26. The minimum absolute atomic E-state index is 0.863. The van der Waals surface area contributed by atoms with E-state index in [0.717, 1.165) is 5.92 Å². The molecule has 0 unspecified atom stereocenters. The summed E-state index contributed by atoms with van der Waals surface area (Å²) in [5, 5.41) is 3.07. The topological polar surface area (TPSA) is 0 Å². The van der Waals surface area contributed by atoms with Crippen molar-refractivity contribution in [2.45, 2.75) is 38.0 Å². The second kappa shape index (κ2) is 3.10. The molecule has 0 heteroatoms. The second-order valence-corrected chi connectivity index (χ2v) is 5.28. The van der Waals surface area contributed by atoms with Crippen LogP contribution in [0.4, 0.5) is 0 Å². The van der Waals surface area contributed by atoms with Gasteiger partial charge < -0.3 is 0 Å². The van der Waals surface area contributed by atoms with Crippen LogP contribution in [0.1, 0.15) is 41.9 Å². The van der Waals surface area contributed by atoms with Crippen LogP contribution in [0.25, 0.3) is 10.8 Å². The van der Waals surface area contributed by atoms with Gasteiger partial charge in [-0.05, 0) is 65.5 Å². The van der Waals surface area contributed by atoms with E-state index in [1.807, 2.05) is 0 Å². The molecule has 0 nitrogen and oxygen atoms in total. The van der Waals surface area contributed by atoms with E-state index in [9.17, 15) is 0 Å². The fourth-order valence-electron chi connectivity index (χ4n) is 3.72. The fraction of sp³-hybridized carbons (Fsp3) is 0.375. The van der Waals surface area contributed by atoms with Crippen molar-refractivity contribution in [2.75, 3.05) is 0 Å². The minimum atomic E-state index is 0.863. The minimum Gasteiger partial charge on any atom is -0.0614 e. The number of rotatable bonds is 0. The molecule has 0 N–H and O–H groups in total. The maximum absolute atomic E-state index is 2.37. The summed E-state index contributed by atoms with van der Waals surface area (Å²) in [5.74, 6) is 0.863. The number of hydrogen-bond donors (Lipinski definition) is 0. The Morgan fingerprint density at radius 1 is 0.875 bits per heavy atom. The van der Waals surface area contributed by atoms with Gasteiger partial charge in [-0.1, -0.05) is 30.3 Å². The Bertz CT molecular complexity index is 566. The maximum Gasteiger partial charge on any atom is -0.0114 e. The van der Waals surface area contributed by atoms with E-state index in [-0.39, 0.29) is 0 Å². The molecule has 2 aromatic carbocycles. The van der Waals surface area contributed by atoms with Crippen LogP contribution in [0.15, 0.2) is 30.3 Å². The zero-order chi connectivity index (χ0) is 10.5. The summed E-state index contributed by atoms with van der Waals surface area (Å²) in [6, 6.07) is 11.5. The second-order valence-electron chi connectivity index (χ2n) is 5.28. The van der Waals surface area contributed by atoms with E-state index in [1.54, 1.807) is 22.1 Å². The van der Waals surface area contributed by atoms with Crippen LogP contribution in [-0.2, 0) is 12.8 Å². The lowest BCUT2D eigenvalue weighted by Crippen LogP contribution is -2.15. The van der Waals surface area contributed by atoms with Crippen LogP contribution >= 0.6 is 0 Å². The van der Waals surface area contributed by atoms with Gasteiger partial charge in [0.15, 0.2) is 0 Å². The van der Waals surface area contributed by atoms with E-state index in [4.69, 9.17) is 0 Å². The molecule has 1 atom stereocenters. The van der Waals surface area contributed by atoms with E-state index in [1.165, 1.54) is 37.5 Å². The average Bonchev–Trinajstić information content (AvgIpc) is 2.36. The van der Waals surface area contributed by atoms with Crippen LogP contribution in [0.3, 0.4) is 0 Å². The van der Waals surface area contributed by atoms with E-state index >= 15 is 0 Å². The van der Waals surface area contributed by atoms with E-state index in [2.05, 4.69) is 30.3 Å². The third-order valence-electron chi connectivity index (χ3n) is 4.43. The molecule has 16 heavy (non-hydrogen) atoms. The molecular formula is C16H16. The van der Waals surface area contributed by atoms with Crippen molar-refractivity contribution in [3.05, 3.63) is 47.0 Å². The van der Waals surface area contributed by atoms with Gasteiger partial charge in [0.25, 0.3) is 0 Å². The monoisotopic (exact) mass is 208 g/mol. The van der Waals surface area contributed by atoms with Crippen LogP contribution in [0.5, 0.6) is 0 Å². The highest BCUT2D eigenvalue weighted by atomic mass is 14.3. The molecule has 0 heterocycles. The molecule has 4 rings (SSSR count). The predicted molar refractivity (Wildman–Crippen MR) is 67.9 cm³/mol.